The average Bonchev–Trinajstić information content (AvgIpc) is 2.03. The van der Waals surface area contributed by atoms with Crippen LogP contribution in [0.1, 0.15) is 0 Å². The number of ether oxygens (including phenoxy) is 1. The summed E-state index contributed by atoms with van der Waals surface area (Å²) in [4.78, 5) is 0. The summed E-state index contributed by atoms with van der Waals surface area (Å²) in [6.07, 6.45) is 0. The molecule has 0 aliphatic carbocycles. The normalized spacial score (nSPS) is 8.45. The van der Waals surface area contributed by atoms with E-state index < -0.39 is 0 Å². The largest absolute Gasteiger partial charge is 0.517 e. The molecule has 0 unspecified atom stereocenters. The maximum atomic E-state index is 8.39. The number of aliphatic hydroxyl groups excluding tert-OH is 1. The Kier molecular flexibility index (Phi) is 5.94. The van der Waals surface area contributed by atoms with Gasteiger partial charge in [0.25, 0.3) is 0 Å². The maximum Gasteiger partial charge on any atom is 0.108 e. The van der Waals surface area contributed by atoms with Crippen LogP contribution in [0.4, 0.5) is 0 Å². The van der Waals surface area contributed by atoms with Gasteiger partial charge >= 0.3 is 0 Å². The summed E-state index contributed by atoms with van der Waals surface area (Å²) in [6.45, 7) is 0.405. The molecule has 1 N–H and O–H groups in total. The summed E-state index contributed by atoms with van der Waals surface area (Å²) >= 11 is 0. The topological polar surface area (TPSA) is 29.5 Å². The van der Waals surface area contributed by atoms with E-state index in [0.717, 1.165) is 5.75 Å². The minimum Gasteiger partial charge on any atom is -0.517 e. The van der Waals surface area contributed by atoms with E-state index in [1.165, 1.54) is 0 Å². The van der Waals surface area contributed by atoms with Gasteiger partial charge in [-0.2, -0.15) is 18.2 Å². The Morgan fingerprint density at radius 1 is 1.36 bits per heavy atom. The van der Waals surface area contributed by atoms with Crippen LogP contribution in [0, 0.1) is 6.07 Å². The van der Waals surface area contributed by atoms with E-state index in [1.54, 1.807) is 24.3 Å². The molecule has 0 spiro atoms. The Morgan fingerprint density at radius 3 is 2.55 bits per heavy atom. The molecule has 11 heavy (non-hydrogen) atoms. The second-order valence-corrected chi connectivity index (χ2v) is 1.81. The van der Waals surface area contributed by atoms with Crippen LogP contribution in [0.2, 0.25) is 0 Å². The van der Waals surface area contributed by atoms with E-state index >= 15 is 0 Å². The monoisotopic (exact) mass is 192 g/mol. The Labute approximate surface area is 76.7 Å². The Balaban J connectivity index is 0.000001000. The average molecular weight is 192 g/mol. The zero-order valence-corrected chi connectivity index (χ0v) is 7.14. The molecule has 0 bridgehead atoms. The molecule has 0 heterocycles. The van der Waals surface area contributed by atoms with Gasteiger partial charge in [0.05, 0.1) is 6.61 Å². The fraction of sp³-hybridized carbons (Fsp3) is 0.250. The number of aliphatic hydroxyl groups is 1. The first-order chi connectivity index (χ1) is 4.93. The fourth-order valence-corrected chi connectivity index (χ4v) is 0.631. The second-order valence-electron chi connectivity index (χ2n) is 1.81. The Bertz CT molecular complexity index is 177. The van der Waals surface area contributed by atoms with Gasteiger partial charge in [-0.1, -0.05) is 0 Å². The fourth-order valence-electron chi connectivity index (χ4n) is 0.631. The number of rotatable bonds is 3. The molecule has 0 fully saturated rings. The molecule has 61 valence electrons. The van der Waals surface area contributed by atoms with Gasteiger partial charge in [0.15, 0.2) is 0 Å². The van der Waals surface area contributed by atoms with Crippen LogP contribution >= 0.6 is 0 Å². The van der Waals surface area contributed by atoms with Gasteiger partial charge in [-0.25, -0.2) is 0 Å². The molecule has 0 aliphatic rings. The van der Waals surface area contributed by atoms with Crippen LogP contribution < -0.4 is 4.74 Å². The molecule has 3 heteroatoms. The van der Waals surface area contributed by atoms with Crippen molar-refractivity contribution >= 4 is 0 Å². The zero-order valence-electron chi connectivity index (χ0n) is 5.96. The number of benzene rings is 1. The summed E-state index contributed by atoms with van der Waals surface area (Å²) in [7, 11) is 0. The summed E-state index contributed by atoms with van der Waals surface area (Å²) in [5, 5.41) is 8.39. The van der Waals surface area contributed by atoms with E-state index in [2.05, 4.69) is 6.07 Å². The molecule has 1 rings (SSSR count). The van der Waals surface area contributed by atoms with E-state index in [1.807, 2.05) is 0 Å². The Morgan fingerprint density at radius 2 is 2.00 bits per heavy atom. The molecular weight excluding hydrogens is 183 g/mol. The molecule has 0 amide bonds. The van der Waals surface area contributed by atoms with Crippen molar-refractivity contribution in [3.05, 3.63) is 30.3 Å². The van der Waals surface area contributed by atoms with Crippen molar-refractivity contribution in [2.24, 2.45) is 0 Å². The first-order valence-corrected chi connectivity index (χ1v) is 3.13. The van der Waals surface area contributed by atoms with Crippen molar-refractivity contribution in [3.8, 4) is 5.75 Å². The molecule has 0 saturated heterocycles. The van der Waals surface area contributed by atoms with Crippen LogP contribution in [0.3, 0.4) is 0 Å². The quantitative estimate of drug-likeness (QED) is 0.568. The van der Waals surface area contributed by atoms with Crippen molar-refractivity contribution in [2.45, 2.75) is 0 Å². The molecule has 0 aromatic heterocycles. The molecule has 1 aromatic carbocycles. The van der Waals surface area contributed by atoms with Gasteiger partial charge in [-0.05, 0) is 0 Å². The minimum absolute atomic E-state index is 0. The predicted octanol–water partition coefficient (Wildman–Crippen LogP) is 0.855. The number of hydrogen-bond acceptors (Lipinski definition) is 2. The van der Waals surface area contributed by atoms with Crippen molar-refractivity contribution < 1.29 is 26.9 Å². The summed E-state index contributed by atoms with van der Waals surface area (Å²) in [6, 6.07) is 10.0. The SMILES string of the molecule is OCCOc1cc[c-]cc1.[Mn]. The third-order valence-corrected chi connectivity index (χ3v) is 1.05. The maximum absolute atomic E-state index is 8.39. The molecular formula is C8H9MnO2-. The molecule has 0 saturated carbocycles. The molecule has 1 radical (unpaired) electrons. The van der Waals surface area contributed by atoms with Gasteiger partial charge in [-0.15, -0.1) is 12.1 Å². The van der Waals surface area contributed by atoms with Crippen LogP contribution in [-0.4, -0.2) is 18.3 Å². The van der Waals surface area contributed by atoms with E-state index in [-0.39, 0.29) is 23.7 Å². The summed E-state index contributed by atoms with van der Waals surface area (Å²) in [5.74, 6) is 0.771. The first kappa shape index (κ1) is 10.5. The zero-order chi connectivity index (χ0) is 7.23. The van der Waals surface area contributed by atoms with Gasteiger partial charge in [-0.3, -0.25) is 0 Å². The summed E-state index contributed by atoms with van der Waals surface area (Å²) < 4.78 is 5.09. The third kappa shape index (κ3) is 4.04. The van der Waals surface area contributed by atoms with Crippen molar-refractivity contribution in [1.82, 2.24) is 0 Å². The Hall–Kier alpha value is -0.501. The van der Waals surface area contributed by atoms with Gasteiger partial charge in [0, 0.05) is 22.8 Å². The van der Waals surface area contributed by atoms with Crippen LogP contribution in [0.5, 0.6) is 5.75 Å². The standard InChI is InChI=1S/C8H9O2.Mn/c9-6-7-10-8-4-2-1-3-5-8;/h2-5,9H,6-7H2;/q-1;. The molecule has 1 aromatic rings. The van der Waals surface area contributed by atoms with Crippen molar-refractivity contribution in [1.29, 1.82) is 0 Å². The van der Waals surface area contributed by atoms with Crippen LogP contribution in [0.15, 0.2) is 24.3 Å². The van der Waals surface area contributed by atoms with Crippen molar-refractivity contribution in [2.75, 3.05) is 13.2 Å². The van der Waals surface area contributed by atoms with Gasteiger partial charge in [0.2, 0.25) is 0 Å². The van der Waals surface area contributed by atoms with Crippen LogP contribution in [-0.2, 0) is 17.1 Å². The number of hydrogen-bond donors (Lipinski definition) is 1. The smallest absolute Gasteiger partial charge is 0.108 e. The van der Waals surface area contributed by atoms with E-state index in [0.29, 0.717) is 6.61 Å². The molecule has 0 aliphatic heterocycles. The minimum atomic E-state index is 0. The van der Waals surface area contributed by atoms with Crippen molar-refractivity contribution in [3.63, 3.8) is 0 Å². The van der Waals surface area contributed by atoms with Crippen LogP contribution in [0.25, 0.3) is 0 Å². The first-order valence-electron chi connectivity index (χ1n) is 3.13. The van der Waals surface area contributed by atoms with Gasteiger partial charge in [0.1, 0.15) is 6.61 Å². The summed E-state index contributed by atoms with van der Waals surface area (Å²) in [5.41, 5.74) is 0. The second kappa shape index (κ2) is 6.23. The third-order valence-electron chi connectivity index (χ3n) is 1.05. The van der Waals surface area contributed by atoms with Gasteiger partial charge < -0.3 is 9.84 Å². The molecule has 0 atom stereocenters. The van der Waals surface area contributed by atoms with E-state index in [9.17, 15) is 0 Å². The predicted molar refractivity (Wildman–Crippen MR) is 37.9 cm³/mol. The molecule has 2 nitrogen and oxygen atoms in total. The van der Waals surface area contributed by atoms with E-state index in [4.69, 9.17) is 9.84 Å².